The molecule has 0 bridgehead atoms. The summed E-state index contributed by atoms with van der Waals surface area (Å²) in [5.74, 6) is -0.197. The van der Waals surface area contributed by atoms with Gasteiger partial charge in [0.05, 0.1) is 17.6 Å². The van der Waals surface area contributed by atoms with Gasteiger partial charge in [-0.15, -0.1) is 24.8 Å². The summed E-state index contributed by atoms with van der Waals surface area (Å²) in [6.45, 7) is 2.82. The van der Waals surface area contributed by atoms with Crippen molar-refractivity contribution in [1.82, 2.24) is 20.9 Å². The smallest absolute Gasteiger partial charge is 0.252 e. The first-order chi connectivity index (χ1) is 11.2. The normalized spacial score (nSPS) is 15.2. The van der Waals surface area contributed by atoms with Crippen molar-refractivity contribution in [2.24, 2.45) is 5.41 Å². The molecule has 2 rings (SSSR count). The van der Waals surface area contributed by atoms with Crippen LogP contribution in [-0.4, -0.2) is 56.7 Å². The third-order valence-electron chi connectivity index (χ3n) is 4.08. The maximum atomic E-state index is 12.5. The first kappa shape index (κ1) is 23.6. The number of ether oxygens (including phenoxy) is 1. The molecule has 1 aliphatic rings. The maximum absolute atomic E-state index is 12.5. The highest BCUT2D eigenvalue weighted by atomic mass is 35.5. The second-order valence-electron chi connectivity index (χ2n) is 5.72. The largest absolute Gasteiger partial charge is 0.384 e. The second kappa shape index (κ2) is 12.0. The van der Waals surface area contributed by atoms with E-state index in [2.05, 4.69) is 20.9 Å². The Morgan fingerprint density at radius 1 is 1.24 bits per heavy atom. The third-order valence-corrected chi connectivity index (χ3v) is 4.08. The molecule has 1 aromatic rings. The van der Waals surface area contributed by atoms with Gasteiger partial charge in [-0.05, 0) is 38.1 Å². The minimum atomic E-state index is -0.465. The lowest BCUT2D eigenvalue weighted by Crippen LogP contribution is -2.51. The molecular formula is C16H26Cl2N4O3. The van der Waals surface area contributed by atoms with E-state index in [0.717, 1.165) is 25.9 Å². The highest BCUT2D eigenvalue weighted by molar-refractivity contribution is 5.93. The molecule has 0 saturated carbocycles. The van der Waals surface area contributed by atoms with Gasteiger partial charge in [-0.3, -0.25) is 14.6 Å². The number of carbonyl (C=O) groups is 2. The molecule has 2 amide bonds. The number of rotatable bonds is 7. The molecule has 142 valence electrons. The molecule has 3 N–H and O–H groups in total. The highest BCUT2D eigenvalue weighted by Crippen LogP contribution is 2.29. The molecule has 1 fully saturated rings. The fourth-order valence-electron chi connectivity index (χ4n) is 2.76. The quantitative estimate of drug-likeness (QED) is 0.596. The Balaban J connectivity index is 0.00000288. The van der Waals surface area contributed by atoms with Crippen LogP contribution in [0.2, 0.25) is 0 Å². The maximum Gasteiger partial charge on any atom is 0.252 e. The molecule has 1 aliphatic heterocycles. The van der Waals surface area contributed by atoms with Gasteiger partial charge in [-0.1, -0.05) is 0 Å². The number of piperidine rings is 1. The zero-order chi connectivity index (χ0) is 16.5. The molecule has 7 nitrogen and oxygen atoms in total. The van der Waals surface area contributed by atoms with Gasteiger partial charge in [0, 0.05) is 32.6 Å². The van der Waals surface area contributed by atoms with Gasteiger partial charge in [0.1, 0.15) is 0 Å². The summed E-state index contributed by atoms with van der Waals surface area (Å²) >= 11 is 0. The Hall–Kier alpha value is -1.41. The number of hydrogen-bond acceptors (Lipinski definition) is 5. The summed E-state index contributed by atoms with van der Waals surface area (Å²) in [7, 11) is 1.62. The van der Waals surface area contributed by atoms with E-state index < -0.39 is 5.41 Å². The number of aromatic nitrogens is 1. The zero-order valence-electron chi connectivity index (χ0n) is 14.2. The van der Waals surface area contributed by atoms with Crippen LogP contribution in [0.25, 0.3) is 0 Å². The Labute approximate surface area is 160 Å². The highest BCUT2D eigenvalue weighted by Gasteiger charge is 2.39. The lowest BCUT2D eigenvalue weighted by Gasteiger charge is -2.35. The number of hydrogen-bond donors (Lipinski definition) is 3. The van der Waals surface area contributed by atoms with Crippen LogP contribution >= 0.6 is 24.8 Å². The lowest BCUT2D eigenvalue weighted by molar-refractivity contribution is -0.136. The van der Waals surface area contributed by atoms with Gasteiger partial charge in [0.25, 0.3) is 5.91 Å². The molecule has 0 radical (unpaired) electrons. The molecule has 1 saturated heterocycles. The summed E-state index contributed by atoms with van der Waals surface area (Å²) in [6, 6.07) is 3.41. The Morgan fingerprint density at radius 3 is 2.52 bits per heavy atom. The third kappa shape index (κ3) is 6.78. The lowest BCUT2D eigenvalue weighted by atomic mass is 9.78. The molecule has 0 spiro atoms. The topological polar surface area (TPSA) is 92.4 Å². The molecule has 0 unspecified atom stereocenters. The van der Waals surface area contributed by atoms with Gasteiger partial charge >= 0.3 is 0 Å². The number of amides is 2. The van der Waals surface area contributed by atoms with Crippen LogP contribution in [0.15, 0.2) is 24.5 Å². The second-order valence-corrected chi connectivity index (χ2v) is 5.72. The minimum absolute atomic E-state index is 0. The van der Waals surface area contributed by atoms with Crippen LogP contribution in [-0.2, 0) is 9.53 Å². The van der Waals surface area contributed by atoms with Crippen molar-refractivity contribution in [3.05, 3.63) is 30.1 Å². The average molecular weight is 393 g/mol. The Kier molecular flexibility index (Phi) is 11.3. The molecule has 1 aromatic heterocycles. The molecule has 0 aromatic carbocycles. The van der Waals surface area contributed by atoms with Crippen molar-refractivity contribution >= 4 is 36.6 Å². The predicted molar refractivity (Wildman–Crippen MR) is 100 cm³/mol. The number of methoxy groups -OCH3 is 1. The summed E-state index contributed by atoms with van der Waals surface area (Å²) in [5, 5.41) is 8.93. The van der Waals surface area contributed by atoms with E-state index in [1.165, 1.54) is 6.20 Å². The van der Waals surface area contributed by atoms with Crippen LogP contribution < -0.4 is 16.0 Å². The van der Waals surface area contributed by atoms with E-state index in [1.54, 1.807) is 25.4 Å². The molecule has 0 aliphatic carbocycles. The summed E-state index contributed by atoms with van der Waals surface area (Å²) in [6.07, 6.45) is 4.64. The monoisotopic (exact) mass is 392 g/mol. The number of nitrogens with zero attached hydrogens (tertiary/aromatic N) is 1. The Bertz CT molecular complexity index is 520. The van der Waals surface area contributed by atoms with Gasteiger partial charge in [-0.25, -0.2) is 0 Å². The number of halogens is 2. The zero-order valence-corrected chi connectivity index (χ0v) is 15.9. The van der Waals surface area contributed by atoms with E-state index in [-0.39, 0.29) is 36.6 Å². The van der Waals surface area contributed by atoms with Crippen LogP contribution in [0.1, 0.15) is 23.2 Å². The molecule has 0 atom stereocenters. The molecule has 25 heavy (non-hydrogen) atoms. The Morgan fingerprint density at radius 2 is 1.92 bits per heavy atom. The van der Waals surface area contributed by atoms with Crippen LogP contribution in [0, 0.1) is 5.41 Å². The van der Waals surface area contributed by atoms with E-state index in [0.29, 0.717) is 25.3 Å². The van der Waals surface area contributed by atoms with E-state index >= 15 is 0 Å². The van der Waals surface area contributed by atoms with Crippen molar-refractivity contribution in [3.63, 3.8) is 0 Å². The number of carbonyl (C=O) groups excluding carboxylic acids is 2. The van der Waals surface area contributed by atoms with Crippen molar-refractivity contribution in [3.8, 4) is 0 Å². The predicted octanol–water partition coefficient (Wildman–Crippen LogP) is 0.787. The summed E-state index contributed by atoms with van der Waals surface area (Å²) in [4.78, 5) is 28.3. The fraction of sp³-hybridized carbons (Fsp3) is 0.562. The fourth-order valence-corrected chi connectivity index (χ4v) is 2.76. The summed E-state index contributed by atoms with van der Waals surface area (Å²) in [5.41, 5.74) is 0.0425. The van der Waals surface area contributed by atoms with Crippen molar-refractivity contribution in [2.45, 2.75) is 12.8 Å². The molecular weight excluding hydrogens is 367 g/mol. The number of nitrogens with one attached hydrogen (secondary N) is 3. The van der Waals surface area contributed by atoms with Crippen molar-refractivity contribution in [2.75, 3.05) is 39.9 Å². The SMILES string of the molecule is COCC1(C(=O)NCCNC(=O)c2cccnc2)CCNCC1.Cl.Cl. The molecule has 9 heteroatoms. The van der Waals surface area contributed by atoms with E-state index in [9.17, 15) is 9.59 Å². The first-order valence-corrected chi connectivity index (χ1v) is 7.84. The van der Waals surface area contributed by atoms with Crippen molar-refractivity contribution < 1.29 is 14.3 Å². The minimum Gasteiger partial charge on any atom is -0.384 e. The van der Waals surface area contributed by atoms with Crippen LogP contribution in [0.5, 0.6) is 0 Å². The van der Waals surface area contributed by atoms with Gasteiger partial charge in [-0.2, -0.15) is 0 Å². The standard InChI is InChI=1S/C16H24N4O3.2ClH/c1-23-12-16(4-7-17-8-5-16)15(22)20-10-9-19-14(21)13-3-2-6-18-11-13;;/h2-3,6,11,17H,4-5,7-10,12H2,1H3,(H,19,21)(H,20,22);2*1H. The number of pyridine rings is 1. The van der Waals surface area contributed by atoms with Crippen LogP contribution in [0.3, 0.4) is 0 Å². The van der Waals surface area contributed by atoms with Gasteiger partial charge < -0.3 is 20.7 Å². The van der Waals surface area contributed by atoms with Gasteiger partial charge in [0.2, 0.25) is 5.91 Å². The average Bonchev–Trinajstić information content (AvgIpc) is 2.60. The first-order valence-electron chi connectivity index (χ1n) is 7.84. The van der Waals surface area contributed by atoms with Crippen LogP contribution in [0.4, 0.5) is 0 Å². The summed E-state index contributed by atoms with van der Waals surface area (Å²) < 4.78 is 5.24. The van der Waals surface area contributed by atoms with Gasteiger partial charge in [0.15, 0.2) is 0 Å². The van der Waals surface area contributed by atoms with E-state index in [1.807, 2.05) is 0 Å². The van der Waals surface area contributed by atoms with E-state index in [4.69, 9.17) is 4.74 Å². The molecule has 2 heterocycles. The van der Waals surface area contributed by atoms with Crippen molar-refractivity contribution in [1.29, 1.82) is 0 Å².